The van der Waals surface area contributed by atoms with Gasteiger partial charge in [0.05, 0.1) is 0 Å². The molecule has 0 aromatic rings. The van der Waals surface area contributed by atoms with E-state index >= 15 is 0 Å². The minimum absolute atomic E-state index is 0.300. The third-order valence-corrected chi connectivity index (χ3v) is 3.43. The van der Waals surface area contributed by atoms with E-state index in [2.05, 4.69) is 36.9 Å². The second kappa shape index (κ2) is 16.4. The van der Waals surface area contributed by atoms with Crippen LogP contribution >= 0.6 is 12.6 Å². The normalized spacial score (nSPS) is 11.7. The molecular weight excluding hydrogens is 268 g/mol. The number of allylic oxidation sites excluding steroid dienone is 4. The molecule has 3 heteroatoms. The molecule has 0 aliphatic heterocycles. The smallest absolute Gasteiger partial charge is 0.303 e. The lowest BCUT2D eigenvalue weighted by Gasteiger charge is -1.95. The van der Waals surface area contributed by atoms with Crippen molar-refractivity contribution in [2.45, 2.75) is 70.6 Å². The molecule has 0 radical (unpaired) electrons. The highest BCUT2D eigenvalue weighted by Gasteiger charge is 1.94. The van der Waals surface area contributed by atoms with Crippen molar-refractivity contribution < 1.29 is 9.90 Å². The first-order valence-electron chi connectivity index (χ1n) is 7.90. The fourth-order valence-electron chi connectivity index (χ4n) is 1.91. The van der Waals surface area contributed by atoms with Gasteiger partial charge in [0, 0.05) is 6.42 Å². The second-order valence-electron chi connectivity index (χ2n) is 5.09. The van der Waals surface area contributed by atoms with Crippen molar-refractivity contribution in [3.8, 4) is 0 Å². The predicted octanol–water partition coefficient (Wildman–Crippen LogP) is 5.40. The highest BCUT2D eigenvalue weighted by Crippen LogP contribution is 2.06. The largest absolute Gasteiger partial charge is 0.481 e. The lowest BCUT2D eigenvalue weighted by Crippen LogP contribution is -1.92. The molecule has 0 fully saturated rings. The van der Waals surface area contributed by atoms with Crippen LogP contribution < -0.4 is 0 Å². The lowest BCUT2D eigenvalue weighted by atomic mass is 10.1. The Morgan fingerprint density at radius 3 is 1.55 bits per heavy atom. The molecule has 0 heterocycles. The first-order chi connectivity index (χ1) is 9.77. The third kappa shape index (κ3) is 17.3. The number of carboxylic acids is 1. The number of aliphatic carboxylic acids is 1. The zero-order chi connectivity index (χ0) is 14.9. The summed E-state index contributed by atoms with van der Waals surface area (Å²) in [7, 11) is 0. The van der Waals surface area contributed by atoms with Crippen LogP contribution in [0.1, 0.15) is 70.6 Å². The summed E-state index contributed by atoms with van der Waals surface area (Å²) in [5.41, 5.74) is 0. The molecule has 0 aromatic carbocycles. The van der Waals surface area contributed by atoms with Gasteiger partial charge in [-0.15, -0.1) is 0 Å². The molecule has 0 rings (SSSR count). The molecule has 0 aliphatic rings. The molecule has 0 amide bonds. The molecule has 20 heavy (non-hydrogen) atoms. The van der Waals surface area contributed by atoms with Gasteiger partial charge in [0.15, 0.2) is 0 Å². The van der Waals surface area contributed by atoms with E-state index in [-0.39, 0.29) is 0 Å². The van der Waals surface area contributed by atoms with Crippen molar-refractivity contribution in [1.82, 2.24) is 0 Å². The van der Waals surface area contributed by atoms with Crippen LogP contribution in [0, 0.1) is 0 Å². The van der Waals surface area contributed by atoms with Gasteiger partial charge in [0.25, 0.3) is 0 Å². The Hall–Kier alpha value is -0.700. The molecule has 116 valence electrons. The summed E-state index contributed by atoms with van der Waals surface area (Å²) >= 11 is 4.19. The van der Waals surface area contributed by atoms with Crippen LogP contribution in [0.2, 0.25) is 0 Å². The van der Waals surface area contributed by atoms with Gasteiger partial charge < -0.3 is 5.11 Å². The van der Waals surface area contributed by atoms with E-state index in [9.17, 15) is 4.79 Å². The van der Waals surface area contributed by atoms with Crippen LogP contribution in [0.25, 0.3) is 0 Å². The second-order valence-corrected chi connectivity index (χ2v) is 5.53. The maximum Gasteiger partial charge on any atom is 0.303 e. The van der Waals surface area contributed by atoms with Gasteiger partial charge in [0.2, 0.25) is 0 Å². The third-order valence-electron chi connectivity index (χ3n) is 3.12. The number of unbranched alkanes of at least 4 members (excludes halogenated alkanes) is 7. The number of hydrogen-bond acceptors (Lipinski definition) is 2. The van der Waals surface area contributed by atoms with Crippen molar-refractivity contribution >= 4 is 18.6 Å². The molecule has 0 aliphatic carbocycles. The Morgan fingerprint density at radius 2 is 1.15 bits per heavy atom. The fourth-order valence-corrected chi connectivity index (χ4v) is 2.13. The van der Waals surface area contributed by atoms with E-state index in [1.165, 1.54) is 38.5 Å². The van der Waals surface area contributed by atoms with Crippen LogP contribution in [0.15, 0.2) is 24.3 Å². The van der Waals surface area contributed by atoms with Gasteiger partial charge in [-0.25, -0.2) is 0 Å². The lowest BCUT2D eigenvalue weighted by molar-refractivity contribution is -0.137. The standard InChI is InChI=1S/C17H30O2S/c18-17(19)15-13-11-9-7-5-3-1-2-4-6-8-10-12-14-16-20/h5-8,20H,1-4,9-16H2,(H,18,19)/b7-5-,8-6-. The van der Waals surface area contributed by atoms with Gasteiger partial charge in [0.1, 0.15) is 0 Å². The van der Waals surface area contributed by atoms with E-state index in [0.29, 0.717) is 6.42 Å². The summed E-state index contributed by atoms with van der Waals surface area (Å²) in [5, 5.41) is 8.49. The molecule has 0 atom stereocenters. The van der Waals surface area contributed by atoms with Crippen molar-refractivity contribution in [1.29, 1.82) is 0 Å². The highest BCUT2D eigenvalue weighted by atomic mass is 32.1. The molecule has 0 saturated heterocycles. The van der Waals surface area contributed by atoms with Crippen molar-refractivity contribution in [2.75, 3.05) is 5.75 Å². The van der Waals surface area contributed by atoms with E-state index in [1.807, 2.05) is 0 Å². The van der Waals surface area contributed by atoms with Crippen LogP contribution in [-0.2, 0) is 4.79 Å². The summed E-state index contributed by atoms with van der Waals surface area (Å²) in [6.45, 7) is 0. The van der Waals surface area contributed by atoms with Crippen LogP contribution in [0.5, 0.6) is 0 Å². The maximum atomic E-state index is 10.3. The summed E-state index contributed by atoms with van der Waals surface area (Å²) in [6.07, 6.45) is 20.6. The number of rotatable bonds is 14. The van der Waals surface area contributed by atoms with Gasteiger partial charge in [-0.3, -0.25) is 4.79 Å². The first-order valence-corrected chi connectivity index (χ1v) is 8.53. The number of carbonyl (C=O) groups is 1. The minimum atomic E-state index is -0.687. The minimum Gasteiger partial charge on any atom is -0.481 e. The van der Waals surface area contributed by atoms with Crippen molar-refractivity contribution in [3.05, 3.63) is 24.3 Å². The molecule has 0 aromatic heterocycles. The molecule has 0 bridgehead atoms. The van der Waals surface area contributed by atoms with Crippen LogP contribution in [0.3, 0.4) is 0 Å². The highest BCUT2D eigenvalue weighted by molar-refractivity contribution is 7.80. The Morgan fingerprint density at radius 1 is 0.750 bits per heavy atom. The van der Waals surface area contributed by atoms with Crippen LogP contribution in [-0.4, -0.2) is 16.8 Å². The number of carboxylic acid groups (broad SMARTS) is 1. The Kier molecular flexibility index (Phi) is 15.8. The summed E-state index contributed by atoms with van der Waals surface area (Å²) in [5.74, 6) is 0.309. The fraction of sp³-hybridized carbons (Fsp3) is 0.706. The molecule has 0 spiro atoms. The summed E-state index contributed by atoms with van der Waals surface area (Å²) in [6, 6.07) is 0. The SMILES string of the molecule is O=C(O)CCCC/C=C\CCCC/C=C\CCCCS. The predicted molar refractivity (Wildman–Crippen MR) is 90.6 cm³/mol. The van der Waals surface area contributed by atoms with Crippen LogP contribution in [0.4, 0.5) is 0 Å². The number of hydrogen-bond donors (Lipinski definition) is 2. The molecule has 0 saturated carbocycles. The van der Waals surface area contributed by atoms with Crippen molar-refractivity contribution in [3.63, 3.8) is 0 Å². The summed E-state index contributed by atoms with van der Waals surface area (Å²) in [4.78, 5) is 10.3. The van der Waals surface area contributed by atoms with Crippen molar-refractivity contribution in [2.24, 2.45) is 0 Å². The van der Waals surface area contributed by atoms with E-state index in [4.69, 9.17) is 5.11 Å². The van der Waals surface area contributed by atoms with Gasteiger partial charge in [-0.1, -0.05) is 24.3 Å². The number of thiol groups is 1. The Bertz CT molecular complexity index is 272. The van der Waals surface area contributed by atoms with Gasteiger partial charge in [-0.2, -0.15) is 12.6 Å². The Labute approximate surface area is 129 Å². The van der Waals surface area contributed by atoms with Gasteiger partial charge >= 0.3 is 5.97 Å². The first kappa shape index (κ1) is 19.3. The molecule has 1 N–H and O–H groups in total. The quantitative estimate of drug-likeness (QED) is 0.256. The zero-order valence-electron chi connectivity index (χ0n) is 12.6. The molecule has 2 nitrogen and oxygen atoms in total. The molecular formula is C17H30O2S. The average Bonchev–Trinajstić information content (AvgIpc) is 2.43. The average molecular weight is 298 g/mol. The van der Waals surface area contributed by atoms with E-state index in [0.717, 1.165) is 31.4 Å². The monoisotopic (exact) mass is 298 g/mol. The Balaban J connectivity index is 3.17. The zero-order valence-corrected chi connectivity index (χ0v) is 13.5. The van der Waals surface area contributed by atoms with E-state index in [1.54, 1.807) is 0 Å². The van der Waals surface area contributed by atoms with E-state index < -0.39 is 5.97 Å². The topological polar surface area (TPSA) is 37.3 Å². The van der Waals surface area contributed by atoms with Gasteiger partial charge in [-0.05, 0) is 70.0 Å². The summed E-state index contributed by atoms with van der Waals surface area (Å²) < 4.78 is 0. The maximum absolute atomic E-state index is 10.3. The molecule has 0 unspecified atom stereocenters.